The SMILES string of the molecule is CN(Cc1cccs1)C(=O)CSC1=Nc2ccccc2CS1. The average molecular weight is 349 g/mol. The lowest BCUT2D eigenvalue weighted by atomic mass is 10.2. The molecule has 3 nitrogen and oxygen atoms in total. The Labute approximate surface area is 142 Å². The maximum absolute atomic E-state index is 12.2. The smallest absolute Gasteiger partial charge is 0.233 e. The monoisotopic (exact) mass is 348 g/mol. The zero-order valence-corrected chi connectivity index (χ0v) is 14.6. The van der Waals surface area contributed by atoms with Crippen LogP contribution in [0.1, 0.15) is 10.4 Å². The van der Waals surface area contributed by atoms with Crippen LogP contribution in [0, 0.1) is 0 Å². The molecule has 2 aromatic rings. The average Bonchev–Trinajstić information content (AvgIpc) is 3.05. The number of amides is 1. The van der Waals surface area contributed by atoms with Gasteiger partial charge in [0.05, 0.1) is 18.0 Å². The van der Waals surface area contributed by atoms with Gasteiger partial charge in [0.2, 0.25) is 5.91 Å². The normalized spacial score (nSPS) is 13.4. The van der Waals surface area contributed by atoms with E-state index >= 15 is 0 Å². The Hall–Kier alpha value is -1.24. The van der Waals surface area contributed by atoms with Gasteiger partial charge in [-0.15, -0.1) is 11.3 Å². The Kier molecular flexibility index (Phi) is 5.23. The maximum atomic E-state index is 12.2. The molecule has 0 radical (unpaired) electrons. The van der Waals surface area contributed by atoms with Crippen molar-refractivity contribution >= 4 is 50.8 Å². The molecule has 1 aliphatic rings. The molecule has 0 saturated heterocycles. The molecule has 0 unspecified atom stereocenters. The topological polar surface area (TPSA) is 32.7 Å². The van der Waals surface area contributed by atoms with Crippen LogP contribution in [0.3, 0.4) is 0 Å². The number of nitrogens with zero attached hydrogens (tertiary/aromatic N) is 2. The molecule has 0 spiro atoms. The van der Waals surface area contributed by atoms with Gasteiger partial charge in [-0.25, -0.2) is 4.99 Å². The summed E-state index contributed by atoms with van der Waals surface area (Å²) in [5.41, 5.74) is 2.29. The number of rotatable bonds is 4. The molecular formula is C16H16N2OS3. The van der Waals surface area contributed by atoms with Crippen LogP contribution in [0.2, 0.25) is 0 Å². The summed E-state index contributed by atoms with van der Waals surface area (Å²) in [6.07, 6.45) is 0. The van der Waals surface area contributed by atoms with E-state index in [0.29, 0.717) is 12.3 Å². The highest BCUT2D eigenvalue weighted by Crippen LogP contribution is 2.34. The first kappa shape index (κ1) is 15.6. The van der Waals surface area contributed by atoms with Gasteiger partial charge in [0, 0.05) is 17.7 Å². The van der Waals surface area contributed by atoms with Crippen LogP contribution in [-0.2, 0) is 17.1 Å². The Morgan fingerprint density at radius 1 is 1.32 bits per heavy atom. The number of aliphatic imine (C=N–C) groups is 1. The number of benzene rings is 1. The second-order valence-electron chi connectivity index (χ2n) is 4.91. The Morgan fingerprint density at radius 2 is 2.18 bits per heavy atom. The van der Waals surface area contributed by atoms with Gasteiger partial charge >= 0.3 is 0 Å². The number of fused-ring (bicyclic) bond motifs is 1. The summed E-state index contributed by atoms with van der Waals surface area (Å²) in [7, 11) is 1.85. The van der Waals surface area contributed by atoms with Crippen molar-refractivity contribution in [2.24, 2.45) is 4.99 Å². The van der Waals surface area contributed by atoms with E-state index < -0.39 is 0 Å². The number of carbonyl (C=O) groups excluding carboxylic acids is 1. The zero-order chi connectivity index (χ0) is 15.4. The van der Waals surface area contributed by atoms with Crippen molar-refractivity contribution in [3.63, 3.8) is 0 Å². The van der Waals surface area contributed by atoms with Crippen LogP contribution in [0.25, 0.3) is 0 Å². The van der Waals surface area contributed by atoms with E-state index in [1.807, 2.05) is 36.7 Å². The molecule has 22 heavy (non-hydrogen) atoms. The molecular weight excluding hydrogens is 332 g/mol. The first-order chi connectivity index (χ1) is 10.7. The first-order valence-corrected chi connectivity index (χ1v) is 9.76. The van der Waals surface area contributed by atoms with Crippen LogP contribution < -0.4 is 0 Å². The van der Waals surface area contributed by atoms with Crippen molar-refractivity contribution in [1.82, 2.24) is 4.90 Å². The van der Waals surface area contributed by atoms with Crippen LogP contribution in [0.4, 0.5) is 5.69 Å². The van der Waals surface area contributed by atoms with E-state index in [9.17, 15) is 4.79 Å². The van der Waals surface area contributed by atoms with Gasteiger partial charge in [-0.1, -0.05) is 47.8 Å². The zero-order valence-electron chi connectivity index (χ0n) is 12.2. The highest BCUT2D eigenvalue weighted by Gasteiger charge is 2.16. The van der Waals surface area contributed by atoms with Gasteiger partial charge in [0.15, 0.2) is 0 Å². The molecule has 1 aromatic heterocycles. The predicted octanol–water partition coefficient (Wildman–Crippen LogP) is 4.37. The highest BCUT2D eigenvalue weighted by molar-refractivity contribution is 8.38. The number of thiophene rings is 1. The fourth-order valence-corrected chi connectivity index (χ4v) is 4.80. The van der Waals surface area contributed by atoms with Gasteiger partial charge in [0.1, 0.15) is 4.38 Å². The molecule has 1 aliphatic heterocycles. The van der Waals surface area contributed by atoms with Gasteiger partial charge in [-0.3, -0.25) is 4.79 Å². The molecule has 114 valence electrons. The fourth-order valence-electron chi connectivity index (χ4n) is 2.04. The summed E-state index contributed by atoms with van der Waals surface area (Å²) in [6.45, 7) is 0.680. The van der Waals surface area contributed by atoms with E-state index in [1.165, 1.54) is 22.2 Å². The van der Waals surface area contributed by atoms with E-state index in [4.69, 9.17) is 0 Å². The predicted molar refractivity (Wildman–Crippen MR) is 98.1 cm³/mol. The summed E-state index contributed by atoms with van der Waals surface area (Å²) in [5.74, 6) is 1.51. The molecule has 0 bridgehead atoms. The number of thioether (sulfide) groups is 2. The van der Waals surface area contributed by atoms with Crippen molar-refractivity contribution in [3.8, 4) is 0 Å². The standard InChI is InChI=1S/C16H16N2OS3/c1-18(9-13-6-4-8-20-13)15(19)11-22-16-17-14-7-3-2-5-12(14)10-21-16/h2-8H,9-11H2,1H3. The second-order valence-corrected chi connectivity index (χ2v) is 8.13. The molecule has 2 heterocycles. The molecule has 0 fully saturated rings. The van der Waals surface area contributed by atoms with Gasteiger partial charge < -0.3 is 4.90 Å². The lowest BCUT2D eigenvalue weighted by molar-refractivity contribution is -0.127. The first-order valence-electron chi connectivity index (χ1n) is 6.91. The molecule has 6 heteroatoms. The van der Waals surface area contributed by atoms with E-state index in [2.05, 4.69) is 17.1 Å². The lowest BCUT2D eigenvalue weighted by Crippen LogP contribution is -2.27. The molecule has 3 rings (SSSR count). The summed E-state index contributed by atoms with van der Waals surface area (Å²) in [5, 5.41) is 2.03. The van der Waals surface area contributed by atoms with E-state index in [0.717, 1.165) is 15.8 Å². The Balaban J connectivity index is 1.54. The van der Waals surface area contributed by atoms with E-state index in [1.54, 1.807) is 28.0 Å². The molecule has 0 N–H and O–H groups in total. The van der Waals surface area contributed by atoms with Crippen molar-refractivity contribution in [1.29, 1.82) is 0 Å². The van der Waals surface area contributed by atoms with Gasteiger partial charge in [0.25, 0.3) is 0 Å². The quantitative estimate of drug-likeness (QED) is 0.822. The van der Waals surface area contributed by atoms with Crippen molar-refractivity contribution in [3.05, 3.63) is 52.2 Å². The molecule has 0 aliphatic carbocycles. The fraction of sp³-hybridized carbons (Fsp3) is 0.250. The lowest BCUT2D eigenvalue weighted by Gasteiger charge is -2.17. The second kappa shape index (κ2) is 7.35. The maximum Gasteiger partial charge on any atom is 0.233 e. The Morgan fingerprint density at radius 3 is 3.00 bits per heavy atom. The van der Waals surface area contributed by atoms with E-state index in [-0.39, 0.29) is 5.91 Å². The van der Waals surface area contributed by atoms with Crippen LogP contribution >= 0.6 is 34.9 Å². The number of para-hydroxylation sites is 1. The molecule has 0 atom stereocenters. The number of carbonyl (C=O) groups is 1. The Bertz CT molecular complexity index is 682. The minimum Gasteiger partial charge on any atom is -0.340 e. The third kappa shape index (κ3) is 3.94. The highest BCUT2D eigenvalue weighted by atomic mass is 32.2. The molecule has 1 amide bonds. The third-order valence-electron chi connectivity index (χ3n) is 3.27. The van der Waals surface area contributed by atoms with Crippen LogP contribution in [0.15, 0.2) is 46.8 Å². The number of hydrogen-bond donors (Lipinski definition) is 0. The van der Waals surface area contributed by atoms with Crippen molar-refractivity contribution < 1.29 is 4.79 Å². The van der Waals surface area contributed by atoms with Crippen LogP contribution in [-0.4, -0.2) is 28.0 Å². The molecule has 0 saturated carbocycles. The van der Waals surface area contributed by atoms with Crippen molar-refractivity contribution in [2.45, 2.75) is 12.3 Å². The van der Waals surface area contributed by atoms with Crippen LogP contribution in [0.5, 0.6) is 0 Å². The summed E-state index contributed by atoms with van der Waals surface area (Å²) >= 11 is 4.92. The molecule has 1 aromatic carbocycles. The minimum absolute atomic E-state index is 0.139. The number of hydrogen-bond acceptors (Lipinski definition) is 5. The summed E-state index contributed by atoms with van der Waals surface area (Å²) in [6, 6.07) is 12.2. The minimum atomic E-state index is 0.139. The van der Waals surface area contributed by atoms with Gasteiger partial charge in [-0.2, -0.15) is 0 Å². The third-order valence-corrected chi connectivity index (χ3v) is 6.36. The van der Waals surface area contributed by atoms with Gasteiger partial charge in [-0.05, 0) is 23.1 Å². The van der Waals surface area contributed by atoms with Crippen molar-refractivity contribution in [2.75, 3.05) is 12.8 Å². The summed E-state index contributed by atoms with van der Waals surface area (Å²) < 4.78 is 0.983. The summed E-state index contributed by atoms with van der Waals surface area (Å²) in [4.78, 5) is 19.8. The largest absolute Gasteiger partial charge is 0.340 e.